The summed E-state index contributed by atoms with van der Waals surface area (Å²) in [6.07, 6.45) is 0. The van der Waals surface area contributed by atoms with E-state index < -0.39 is 11.6 Å². The molecule has 2 aromatic carbocycles. The number of halogens is 2. The second-order valence-electron chi connectivity index (χ2n) is 4.50. The fraction of sp³-hybridized carbons (Fsp3) is 0.0625. The number of hydrogen-bond donors (Lipinski definition) is 1. The molecule has 0 saturated heterocycles. The normalized spacial score (nSPS) is 10.5. The highest BCUT2D eigenvalue weighted by Crippen LogP contribution is 2.23. The molecular formula is C16H12F2N2OS. The van der Waals surface area contributed by atoms with E-state index in [4.69, 9.17) is 4.74 Å². The summed E-state index contributed by atoms with van der Waals surface area (Å²) in [5.41, 5.74) is 1.61. The monoisotopic (exact) mass is 318 g/mol. The molecule has 22 heavy (non-hydrogen) atoms. The Morgan fingerprint density at radius 1 is 1.09 bits per heavy atom. The number of nitrogens with zero attached hydrogens (tertiary/aromatic N) is 1. The van der Waals surface area contributed by atoms with Crippen LogP contribution in [-0.2, 0) is 6.61 Å². The highest BCUT2D eigenvalue weighted by Gasteiger charge is 2.07. The number of para-hydroxylation sites is 1. The van der Waals surface area contributed by atoms with E-state index in [-0.39, 0.29) is 12.4 Å². The molecule has 0 unspecified atom stereocenters. The van der Waals surface area contributed by atoms with Crippen molar-refractivity contribution in [2.24, 2.45) is 0 Å². The van der Waals surface area contributed by atoms with E-state index in [9.17, 15) is 8.78 Å². The summed E-state index contributed by atoms with van der Waals surface area (Å²) in [7, 11) is 0. The van der Waals surface area contributed by atoms with Gasteiger partial charge in [-0.1, -0.05) is 18.2 Å². The van der Waals surface area contributed by atoms with Crippen molar-refractivity contribution in [1.82, 2.24) is 4.98 Å². The molecule has 0 atom stereocenters. The van der Waals surface area contributed by atoms with Crippen LogP contribution < -0.4 is 10.1 Å². The van der Waals surface area contributed by atoms with Gasteiger partial charge in [0.15, 0.2) is 16.7 Å². The van der Waals surface area contributed by atoms with Crippen LogP contribution in [0.5, 0.6) is 5.75 Å². The van der Waals surface area contributed by atoms with Gasteiger partial charge in [0.2, 0.25) is 0 Å². The fourth-order valence-electron chi connectivity index (χ4n) is 1.82. The molecule has 6 heteroatoms. The Labute approximate surface area is 130 Å². The number of hydrogen-bond acceptors (Lipinski definition) is 4. The van der Waals surface area contributed by atoms with Crippen LogP contribution >= 0.6 is 11.3 Å². The van der Waals surface area contributed by atoms with Crippen molar-refractivity contribution in [2.45, 2.75) is 6.61 Å². The van der Waals surface area contributed by atoms with Crippen molar-refractivity contribution in [3.8, 4) is 5.75 Å². The molecule has 0 bridgehead atoms. The number of thiazole rings is 1. The lowest BCUT2D eigenvalue weighted by Crippen LogP contribution is -1.98. The van der Waals surface area contributed by atoms with Crippen LogP contribution in [0.25, 0.3) is 0 Å². The first-order chi connectivity index (χ1) is 10.7. The molecule has 112 valence electrons. The van der Waals surface area contributed by atoms with Crippen LogP contribution in [0.4, 0.5) is 19.6 Å². The van der Waals surface area contributed by atoms with Gasteiger partial charge in [-0.2, -0.15) is 0 Å². The van der Waals surface area contributed by atoms with Crippen LogP contribution in [0.1, 0.15) is 5.69 Å². The molecule has 1 aromatic heterocycles. The van der Waals surface area contributed by atoms with E-state index in [2.05, 4.69) is 10.3 Å². The van der Waals surface area contributed by atoms with E-state index in [0.29, 0.717) is 5.69 Å². The van der Waals surface area contributed by atoms with Gasteiger partial charge in [-0.05, 0) is 24.3 Å². The highest BCUT2D eigenvalue weighted by molar-refractivity contribution is 7.13. The standard InChI is InChI=1S/C16H12F2N2OS/c17-11-6-7-15(14(18)8-11)21-9-13-10-22-16(20-13)19-12-4-2-1-3-5-12/h1-8,10H,9H2,(H,19,20). The lowest BCUT2D eigenvalue weighted by Gasteiger charge is -2.05. The van der Waals surface area contributed by atoms with E-state index in [1.165, 1.54) is 17.4 Å². The van der Waals surface area contributed by atoms with Gasteiger partial charge in [0.25, 0.3) is 0 Å². The maximum Gasteiger partial charge on any atom is 0.187 e. The molecule has 1 N–H and O–H groups in total. The average Bonchev–Trinajstić information content (AvgIpc) is 2.95. The summed E-state index contributed by atoms with van der Waals surface area (Å²) < 4.78 is 31.6. The quantitative estimate of drug-likeness (QED) is 0.737. The molecule has 0 aliphatic rings. The van der Waals surface area contributed by atoms with Gasteiger partial charge < -0.3 is 10.1 Å². The molecule has 0 spiro atoms. The summed E-state index contributed by atoms with van der Waals surface area (Å²) in [6.45, 7) is 0.121. The third-order valence-corrected chi connectivity index (χ3v) is 3.65. The first-order valence-corrected chi connectivity index (χ1v) is 7.43. The molecule has 3 rings (SSSR count). The number of anilines is 2. The van der Waals surface area contributed by atoms with Crippen molar-refractivity contribution in [2.75, 3.05) is 5.32 Å². The smallest absolute Gasteiger partial charge is 0.187 e. The minimum atomic E-state index is -0.724. The van der Waals surface area contributed by atoms with E-state index >= 15 is 0 Å². The second-order valence-corrected chi connectivity index (χ2v) is 5.36. The molecule has 0 amide bonds. The number of aromatic nitrogens is 1. The summed E-state index contributed by atoms with van der Waals surface area (Å²) in [5, 5.41) is 5.72. The van der Waals surface area contributed by atoms with Crippen LogP contribution in [0.2, 0.25) is 0 Å². The topological polar surface area (TPSA) is 34.1 Å². The molecule has 0 aliphatic heterocycles. The average molecular weight is 318 g/mol. The number of benzene rings is 2. The minimum Gasteiger partial charge on any atom is -0.484 e. The summed E-state index contributed by atoms with van der Waals surface area (Å²) >= 11 is 1.43. The van der Waals surface area contributed by atoms with Crippen molar-refractivity contribution in [3.63, 3.8) is 0 Å². The summed E-state index contributed by atoms with van der Waals surface area (Å²) in [6, 6.07) is 12.9. The lowest BCUT2D eigenvalue weighted by molar-refractivity contribution is 0.286. The number of rotatable bonds is 5. The first kappa shape index (κ1) is 14.5. The maximum absolute atomic E-state index is 13.5. The van der Waals surface area contributed by atoms with Crippen LogP contribution in [0.3, 0.4) is 0 Å². The summed E-state index contributed by atoms with van der Waals surface area (Å²) in [4.78, 5) is 4.35. The zero-order chi connectivity index (χ0) is 15.4. The van der Waals surface area contributed by atoms with Crippen molar-refractivity contribution >= 4 is 22.2 Å². The van der Waals surface area contributed by atoms with Crippen LogP contribution in [-0.4, -0.2) is 4.98 Å². The van der Waals surface area contributed by atoms with E-state index in [1.807, 2.05) is 35.7 Å². The highest BCUT2D eigenvalue weighted by atomic mass is 32.1. The van der Waals surface area contributed by atoms with E-state index in [0.717, 1.165) is 23.0 Å². The largest absolute Gasteiger partial charge is 0.484 e. The van der Waals surface area contributed by atoms with Gasteiger partial charge in [-0.15, -0.1) is 11.3 Å². The van der Waals surface area contributed by atoms with Gasteiger partial charge in [0, 0.05) is 17.1 Å². The molecule has 0 radical (unpaired) electrons. The first-order valence-electron chi connectivity index (χ1n) is 6.55. The molecule has 0 fully saturated rings. The van der Waals surface area contributed by atoms with Crippen molar-refractivity contribution < 1.29 is 13.5 Å². The molecule has 3 aromatic rings. The second kappa shape index (κ2) is 6.53. The molecular weight excluding hydrogens is 306 g/mol. The third kappa shape index (κ3) is 3.59. The van der Waals surface area contributed by atoms with Gasteiger partial charge in [0.1, 0.15) is 12.4 Å². The minimum absolute atomic E-state index is 0.00645. The van der Waals surface area contributed by atoms with Gasteiger partial charge >= 0.3 is 0 Å². The molecule has 1 heterocycles. The Kier molecular flexibility index (Phi) is 4.29. The predicted molar refractivity (Wildman–Crippen MR) is 82.5 cm³/mol. The maximum atomic E-state index is 13.5. The summed E-state index contributed by atoms with van der Waals surface area (Å²) in [5.74, 6) is -1.35. The Morgan fingerprint density at radius 2 is 1.91 bits per heavy atom. The van der Waals surface area contributed by atoms with Gasteiger partial charge in [-0.3, -0.25) is 0 Å². The lowest BCUT2D eigenvalue weighted by atomic mass is 10.3. The van der Waals surface area contributed by atoms with Crippen LogP contribution in [0, 0.1) is 11.6 Å². The van der Waals surface area contributed by atoms with Gasteiger partial charge in [0.05, 0.1) is 5.69 Å². The fourth-order valence-corrected chi connectivity index (χ4v) is 2.53. The molecule has 3 nitrogen and oxygen atoms in total. The Hall–Kier alpha value is -2.47. The van der Waals surface area contributed by atoms with Crippen molar-refractivity contribution in [1.29, 1.82) is 0 Å². The Bertz CT molecular complexity index is 762. The number of nitrogens with one attached hydrogen (secondary N) is 1. The third-order valence-electron chi connectivity index (χ3n) is 2.85. The molecule has 0 aliphatic carbocycles. The zero-order valence-corrected chi connectivity index (χ0v) is 12.2. The Balaban J connectivity index is 1.62. The Morgan fingerprint density at radius 3 is 2.68 bits per heavy atom. The zero-order valence-electron chi connectivity index (χ0n) is 11.4. The van der Waals surface area contributed by atoms with Crippen molar-refractivity contribution in [3.05, 3.63) is 71.2 Å². The van der Waals surface area contributed by atoms with Gasteiger partial charge in [-0.25, -0.2) is 13.8 Å². The van der Waals surface area contributed by atoms with Crippen LogP contribution in [0.15, 0.2) is 53.9 Å². The molecule has 0 saturated carbocycles. The number of ether oxygens (including phenoxy) is 1. The van der Waals surface area contributed by atoms with E-state index in [1.54, 1.807) is 0 Å². The predicted octanol–water partition coefficient (Wildman–Crippen LogP) is 4.74. The SMILES string of the molecule is Fc1ccc(OCc2csc(Nc3ccccc3)n2)c(F)c1.